The van der Waals surface area contributed by atoms with Gasteiger partial charge in [0.2, 0.25) is 28.6 Å². The number of fused-ring (bicyclic) bond motifs is 1. The van der Waals surface area contributed by atoms with Crippen molar-refractivity contribution in [3.05, 3.63) is 52.5 Å². The molecule has 9 nitrogen and oxygen atoms in total. The number of amides is 2. The van der Waals surface area contributed by atoms with Crippen LogP contribution in [0, 0.1) is 0 Å². The van der Waals surface area contributed by atoms with Gasteiger partial charge in [-0.25, -0.2) is 8.42 Å². The number of benzene rings is 2. The minimum absolute atomic E-state index is 0.0407. The zero-order valence-electron chi connectivity index (χ0n) is 21.1. The summed E-state index contributed by atoms with van der Waals surface area (Å²) in [5.74, 6) is -0.150. The number of hydrogen-bond acceptors (Lipinski definition) is 6. The molecule has 1 atom stereocenters. The van der Waals surface area contributed by atoms with Crippen molar-refractivity contribution in [3.63, 3.8) is 0 Å². The Morgan fingerprint density at radius 2 is 1.81 bits per heavy atom. The van der Waals surface area contributed by atoms with Gasteiger partial charge in [-0.2, -0.15) is 0 Å². The summed E-state index contributed by atoms with van der Waals surface area (Å²) in [6.45, 7) is 8.40. The largest absolute Gasteiger partial charge is 0.454 e. The van der Waals surface area contributed by atoms with Crippen molar-refractivity contribution in [3.8, 4) is 11.5 Å². The summed E-state index contributed by atoms with van der Waals surface area (Å²) >= 11 is 3.43. The van der Waals surface area contributed by atoms with E-state index in [1.54, 1.807) is 19.1 Å². The van der Waals surface area contributed by atoms with Gasteiger partial charge in [-0.1, -0.05) is 28.1 Å². The zero-order valence-corrected chi connectivity index (χ0v) is 23.5. The van der Waals surface area contributed by atoms with E-state index in [2.05, 4.69) is 21.2 Å². The van der Waals surface area contributed by atoms with Gasteiger partial charge in [0.1, 0.15) is 12.6 Å². The first-order valence-electron chi connectivity index (χ1n) is 11.6. The second-order valence-corrected chi connectivity index (χ2v) is 12.6. The maximum atomic E-state index is 13.7. The predicted octanol–water partition coefficient (Wildman–Crippen LogP) is 3.67. The highest BCUT2D eigenvalue weighted by Gasteiger charge is 2.32. The summed E-state index contributed by atoms with van der Waals surface area (Å²) < 4.78 is 38.7. The lowest BCUT2D eigenvalue weighted by molar-refractivity contribution is -0.140. The van der Waals surface area contributed by atoms with Crippen molar-refractivity contribution in [2.45, 2.75) is 52.7 Å². The van der Waals surface area contributed by atoms with Crippen LogP contribution in [-0.2, 0) is 26.2 Å². The van der Waals surface area contributed by atoms with Gasteiger partial charge in [-0.3, -0.25) is 13.9 Å². The summed E-state index contributed by atoms with van der Waals surface area (Å²) in [7, 11) is -3.83. The third-order valence-electron chi connectivity index (χ3n) is 5.53. The number of carbonyl (C=O) groups excluding carboxylic acids is 2. The van der Waals surface area contributed by atoms with Crippen LogP contribution >= 0.6 is 15.9 Å². The summed E-state index contributed by atoms with van der Waals surface area (Å²) in [5, 5.41) is 2.90. The van der Waals surface area contributed by atoms with Crippen molar-refractivity contribution in [1.82, 2.24) is 10.2 Å². The molecule has 0 aromatic heterocycles. The van der Waals surface area contributed by atoms with Gasteiger partial charge in [-0.15, -0.1) is 0 Å². The normalized spacial score (nSPS) is 13.7. The third-order valence-corrected chi connectivity index (χ3v) is 7.77. The molecular weight excluding hydrogens is 550 g/mol. The molecule has 2 aromatic rings. The minimum Gasteiger partial charge on any atom is -0.454 e. The maximum Gasteiger partial charge on any atom is 0.244 e. The quantitative estimate of drug-likeness (QED) is 0.484. The lowest BCUT2D eigenvalue weighted by Crippen LogP contribution is -2.54. The van der Waals surface area contributed by atoms with E-state index in [-0.39, 0.29) is 30.7 Å². The fourth-order valence-electron chi connectivity index (χ4n) is 3.65. The third kappa shape index (κ3) is 6.91. The summed E-state index contributed by atoms with van der Waals surface area (Å²) in [4.78, 5) is 28.1. The van der Waals surface area contributed by atoms with Crippen molar-refractivity contribution < 1.29 is 27.5 Å². The number of ether oxygens (including phenoxy) is 2. The summed E-state index contributed by atoms with van der Waals surface area (Å²) in [5.41, 5.74) is 0.574. The average molecular weight is 583 g/mol. The molecule has 0 bridgehead atoms. The molecule has 1 aliphatic rings. The standard InChI is InChI=1S/C25H32BrN3O6S/c1-6-36(32,33)29(20-10-11-21-22(13-20)35-16-34-21)15-23(30)28(14-18-8-7-9-19(26)12-18)17(2)24(31)27-25(3,4)5/h7-13,17H,6,14-16H2,1-5H3,(H,27,31)/t17-/m1/s1. The van der Waals surface area contributed by atoms with Crippen LogP contribution in [0.1, 0.15) is 40.2 Å². The SMILES string of the molecule is CCS(=O)(=O)N(CC(=O)N(Cc1cccc(Br)c1)[C@H](C)C(=O)NC(C)(C)C)c1ccc2c(c1)OCO2. The smallest absolute Gasteiger partial charge is 0.244 e. The van der Waals surface area contributed by atoms with Gasteiger partial charge >= 0.3 is 0 Å². The fourth-order valence-corrected chi connectivity index (χ4v) is 5.15. The lowest BCUT2D eigenvalue weighted by Gasteiger charge is -2.33. The summed E-state index contributed by atoms with van der Waals surface area (Å²) in [6.07, 6.45) is 0. The molecule has 3 rings (SSSR count). The second kappa shape index (κ2) is 11.1. The van der Waals surface area contributed by atoms with E-state index in [1.165, 1.54) is 17.9 Å². The number of nitrogens with zero attached hydrogens (tertiary/aromatic N) is 2. The first-order valence-corrected chi connectivity index (χ1v) is 14.0. The molecule has 0 saturated heterocycles. The van der Waals surface area contributed by atoms with Crippen molar-refractivity contribution in [2.24, 2.45) is 0 Å². The van der Waals surface area contributed by atoms with Crippen molar-refractivity contribution in [2.75, 3.05) is 23.4 Å². The first kappa shape index (κ1) is 27.8. The zero-order chi connectivity index (χ0) is 26.7. The Morgan fingerprint density at radius 3 is 2.44 bits per heavy atom. The van der Waals surface area contributed by atoms with Gasteiger partial charge < -0.3 is 19.7 Å². The molecule has 0 saturated carbocycles. The van der Waals surface area contributed by atoms with Gasteiger partial charge in [0.15, 0.2) is 11.5 Å². The Bertz CT molecular complexity index is 1230. The van der Waals surface area contributed by atoms with E-state index < -0.39 is 34.1 Å². The molecule has 1 heterocycles. The summed E-state index contributed by atoms with van der Waals surface area (Å²) in [6, 6.07) is 11.3. The number of carbonyl (C=O) groups is 2. The molecule has 0 aliphatic carbocycles. The molecule has 1 aliphatic heterocycles. The van der Waals surface area contributed by atoms with Crippen LogP contribution in [0.3, 0.4) is 0 Å². The Balaban J connectivity index is 1.95. The highest BCUT2D eigenvalue weighted by molar-refractivity contribution is 9.10. The van der Waals surface area contributed by atoms with E-state index in [0.717, 1.165) is 14.3 Å². The molecular formula is C25H32BrN3O6S. The topological polar surface area (TPSA) is 105 Å². The molecule has 0 spiro atoms. The van der Waals surface area contributed by atoms with Crippen LogP contribution in [0.15, 0.2) is 46.9 Å². The Hall–Kier alpha value is -2.79. The minimum atomic E-state index is -3.83. The first-order chi connectivity index (χ1) is 16.8. The van der Waals surface area contributed by atoms with E-state index in [0.29, 0.717) is 11.5 Å². The second-order valence-electron chi connectivity index (χ2n) is 9.51. The van der Waals surface area contributed by atoms with Crippen LogP contribution in [0.5, 0.6) is 11.5 Å². The highest BCUT2D eigenvalue weighted by atomic mass is 79.9. The van der Waals surface area contributed by atoms with Crippen LogP contribution in [0.25, 0.3) is 0 Å². The van der Waals surface area contributed by atoms with Gasteiger partial charge in [-0.05, 0) is 64.4 Å². The molecule has 36 heavy (non-hydrogen) atoms. The number of anilines is 1. The fraction of sp³-hybridized carbons (Fsp3) is 0.440. The number of sulfonamides is 1. The van der Waals surface area contributed by atoms with E-state index in [1.807, 2.05) is 45.0 Å². The number of rotatable bonds is 9. The highest BCUT2D eigenvalue weighted by Crippen LogP contribution is 2.36. The molecule has 11 heteroatoms. The molecule has 1 N–H and O–H groups in total. The predicted molar refractivity (Wildman–Crippen MR) is 141 cm³/mol. The van der Waals surface area contributed by atoms with Gasteiger partial charge in [0.25, 0.3) is 0 Å². The van der Waals surface area contributed by atoms with E-state index >= 15 is 0 Å². The van der Waals surface area contributed by atoms with Crippen molar-refractivity contribution in [1.29, 1.82) is 0 Å². The monoisotopic (exact) mass is 581 g/mol. The van der Waals surface area contributed by atoms with E-state index in [9.17, 15) is 18.0 Å². The Kier molecular flexibility index (Phi) is 8.55. The number of hydrogen-bond donors (Lipinski definition) is 1. The van der Waals surface area contributed by atoms with Gasteiger partial charge in [0, 0.05) is 22.6 Å². The average Bonchev–Trinajstić information content (AvgIpc) is 3.27. The maximum absolute atomic E-state index is 13.7. The molecule has 2 amide bonds. The van der Waals surface area contributed by atoms with Crippen LogP contribution in [0.4, 0.5) is 5.69 Å². The molecule has 0 radical (unpaired) electrons. The molecule has 196 valence electrons. The van der Waals surface area contributed by atoms with Gasteiger partial charge in [0.05, 0.1) is 11.4 Å². The van der Waals surface area contributed by atoms with Crippen LogP contribution in [0.2, 0.25) is 0 Å². The van der Waals surface area contributed by atoms with E-state index in [4.69, 9.17) is 9.47 Å². The molecule has 0 fully saturated rings. The Labute approximate surface area is 220 Å². The number of halogens is 1. The lowest BCUT2D eigenvalue weighted by atomic mass is 10.1. The van der Waals surface area contributed by atoms with Crippen molar-refractivity contribution >= 4 is 43.5 Å². The molecule has 2 aromatic carbocycles. The Morgan fingerprint density at radius 1 is 1.11 bits per heavy atom. The van der Waals surface area contributed by atoms with Crippen LogP contribution in [-0.4, -0.2) is 55.8 Å². The van der Waals surface area contributed by atoms with Crippen LogP contribution < -0.4 is 19.1 Å². The molecule has 0 unspecified atom stereocenters. The number of nitrogens with one attached hydrogen (secondary N) is 1.